The van der Waals surface area contributed by atoms with Crippen molar-refractivity contribution in [3.8, 4) is 0 Å². The zero-order chi connectivity index (χ0) is 45.2. The van der Waals surface area contributed by atoms with Crippen LogP contribution in [0.3, 0.4) is 0 Å². The van der Waals surface area contributed by atoms with Crippen molar-refractivity contribution in [1.29, 1.82) is 0 Å². The number of rotatable bonds is 14. The summed E-state index contributed by atoms with van der Waals surface area (Å²) in [7, 11) is -1.39. The van der Waals surface area contributed by atoms with Crippen LogP contribution in [-0.2, 0) is 16.5 Å². The third kappa shape index (κ3) is 18.4. The fraction of sp³-hybridized carbons (Fsp3) is 0.0769. The molecule has 0 spiro atoms. The van der Waals surface area contributed by atoms with Gasteiger partial charge in [0.15, 0.2) is 0 Å². The minimum Gasteiger partial charge on any atom is -0.356 e. The first-order valence-electron chi connectivity index (χ1n) is 20.4. The van der Waals surface area contributed by atoms with Gasteiger partial charge in [0.25, 0.3) is 0 Å². The SMILES string of the molecule is O=[N+]([O-])[O-].O=[N+]([O-])[O-].[Ni+2].c1ccc(P(CCP(c2ccccc2)c2ccccc2)c2ccccc2)cc1.c1ccc(P(CCP(c2ccccc2)c2ccccc2)c2ccccc2)cc1. The molecule has 0 saturated carbocycles. The summed E-state index contributed by atoms with van der Waals surface area (Å²) < 4.78 is 0. The second-order valence-electron chi connectivity index (χ2n) is 13.7. The van der Waals surface area contributed by atoms with Crippen molar-refractivity contribution in [3.05, 3.63) is 273 Å². The van der Waals surface area contributed by atoms with Crippen molar-refractivity contribution < 1.29 is 26.7 Å². The normalized spacial score (nSPS) is 10.3. The van der Waals surface area contributed by atoms with Crippen LogP contribution in [0.15, 0.2) is 243 Å². The predicted octanol–water partition coefficient (Wildman–Crippen LogP) is 10.0. The maximum Gasteiger partial charge on any atom is 2.00 e. The molecule has 0 fully saturated rings. The van der Waals surface area contributed by atoms with Gasteiger partial charge in [0.2, 0.25) is 0 Å². The largest absolute Gasteiger partial charge is 2.00 e. The molecule has 8 rings (SSSR count). The standard InChI is InChI=1S/2C26H24P2.2NO3.Ni/c2*1-5-13-23(14-6-1)27(24-15-7-2-8-16-24)21-22-28(25-17-9-3-10-18-25)26-19-11-4-12-20-26;2*2-1(3)4;/h2*1-20H,21-22H2;;;/q;;2*-1;+2. The van der Waals surface area contributed by atoms with Gasteiger partial charge in [0.1, 0.15) is 0 Å². The summed E-state index contributed by atoms with van der Waals surface area (Å²) in [5, 5.41) is 41.3. The van der Waals surface area contributed by atoms with E-state index in [4.69, 9.17) is 30.6 Å². The molecule has 0 atom stereocenters. The molecule has 8 aromatic carbocycles. The third-order valence-corrected chi connectivity index (χ3v) is 20.4. The minimum atomic E-state index is -1.75. The van der Waals surface area contributed by atoms with Crippen LogP contribution >= 0.6 is 31.7 Å². The fourth-order valence-electron chi connectivity index (χ4n) is 6.89. The zero-order valence-electron chi connectivity index (χ0n) is 35.4. The molecule has 65 heavy (non-hydrogen) atoms. The maximum atomic E-state index is 8.25. The Hall–Kier alpha value is -5.63. The van der Waals surface area contributed by atoms with E-state index in [0.29, 0.717) is 0 Å². The number of hydrogen-bond donors (Lipinski definition) is 0. The first-order chi connectivity index (χ1) is 31.3. The molecule has 13 heteroatoms. The molecule has 332 valence electrons. The molecule has 0 bridgehead atoms. The first-order valence-corrected chi connectivity index (χ1v) is 26.5. The molecule has 0 aromatic heterocycles. The summed E-state index contributed by atoms with van der Waals surface area (Å²) in [6, 6.07) is 88.4. The van der Waals surface area contributed by atoms with Crippen LogP contribution in [0.25, 0.3) is 0 Å². The van der Waals surface area contributed by atoms with E-state index in [1.165, 1.54) is 67.1 Å². The quantitative estimate of drug-likeness (QED) is 0.0461. The Morgan fingerprint density at radius 2 is 0.338 bits per heavy atom. The molecule has 0 aliphatic heterocycles. The van der Waals surface area contributed by atoms with Gasteiger partial charge in [-0.25, -0.2) is 0 Å². The van der Waals surface area contributed by atoms with Crippen molar-refractivity contribution in [1.82, 2.24) is 0 Å². The summed E-state index contributed by atoms with van der Waals surface area (Å²) in [5.74, 6) is 0. The van der Waals surface area contributed by atoms with Crippen LogP contribution in [0.5, 0.6) is 0 Å². The zero-order valence-corrected chi connectivity index (χ0v) is 39.9. The Bertz CT molecular complexity index is 1980. The Morgan fingerprint density at radius 3 is 0.431 bits per heavy atom. The fourth-order valence-corrected chi connectivity index (χ4v) is 17.6. The van der Waals surface area contributed by atoms with Gasteiger partial charge in [0, 0.05) is 0 Å². The molecule has 8 nitrogen and oxygen atoms in total. The summed E-state index contributed by atoms with van der Waals surface area (Å²) in [6.07, 6.45) is 4.83. The molecule has 0 N–H and O–H groups in total. The van der Waals surface area contributed by atoms with E-state index in [1.54, 1.807) is 0 Å². The molecular weight excluding hydrogens is 931 g/mol. The number of nitrogens with zero attached hydrogens (tertiary/aromatic N) is 2. The molecule has 0 saturated heterocycles. The molecule has 0 amide bonds. The van der Waals surface area contributed by atoms with E-state index in [1.807, 2.05) is 0 Å². The van der Waals surface area contributed by atoms with Gasteiger partial charge in [-0.1, -0.05) is 243 Å². The molecular formula is C52H48N2NiO6P4. The Balaban J connectivity index is 0.000000241. The van der Waals surface area contributed by atoms with Crippen molar-refractivity contribution in [2.75, 3.05) is 24.6 Å². The van der Waals surface area contributed by atoms with Gasteiger partial charge in [0.05, 0.1) is 10.2 Å². The molecule has 0 heterocycles. The smallest absolute Gasteiger partial charge is 0.356 e. The summed E-state index contributed by atoms with van der Waals surface area (Å²) in [5.41, 5.74) is 0. The maximum absolute atomic E-state index is 8.25. The van der Waals surface area contributed by atoms with E-state index in [9.17, 15) is 0 Å². The average Bonchev–Trinajstić information content (AvgIpc) is 3.34. The summed E-state index contributed by atoms with van der Waals surface area (Å²) >= 11 is 0. The van der Waals surface area contributed by atoms with E-state index in [2.05, 4.69) is 243 Å². The Labute approximate surface area is 396 Å². The molecule has 0 aliphatic rings. The van der Waals surface area contributed by atoms with Crippen molar-refractivity contribution in [3.63, 3.8) is 0 Å². The van der Waals surface area contributed by atoms with Gasteiger partial charge >= 0.3 is 16.5 Å². The van der Waals surface area contributed by atoms with E-state index < -0.39 is 10.2 Å². The Kier molecular flexibility index (Phi) is 23.8. The van der Waals surface area contributed by atoms with Crippen LogP contribution in [0.1, 0.15) is 0 Å². The molecule has 0 radical (unpaired) electrons. The summed E-state index contributed by atoms with van der Waals surface area (Å²) in [6.45, 7) is 0. The van der Waals surface area contributed by atoms with Crippen LogP contribution in [0, 0.1) is 30.6 Å². The van der Waals surface area contributed by atoms with E-state index in [0.717, 1.165) is 0 Å². The summed E-state index contributed by atoms with van der Waals surface area (Å²) in [4.78, 5) is 16.5. The molecule has 0 aliphatic carbocycles. The van der Waals surface area contributed by atoms with Crippen molar-refractivity contribution in [2.45, 2.75) is 0 Å². The van der Waals surface area contributed by atoms with E-state index in [-0.39, 0.29) is 48.2 Å². The van der Waals surface area contributed by atoms with Crippen LogP contribution in [-0.4, -0.2) is 34.8 Å². The van der Waals surface area contributed by atoms with Crippen LogP contribution in [0.2, 0.25) is 0 Å². The predicted molar refractivity (Wildman–Crippen MR) is 276 cm³/mol. The van der Waals surface area contributed by atoms with Crippen molar-refractivity contribution >= 4 is 74.1 Å². The monoisotopic (exact) mass is 978 g/mol. The van der Waals surface area contributed by atoms with Gasteiger partial charge in [-0.2, -0.15) is 0 Å². The average molecular weight is 980 g/mol. The number of hydrogen-bond acceptors (Lipinski definition) is 6. The second-order valence-corrected chi connectivity index (χ2v) is 23.1. The van der Waals surface area contributed by atoms with Crippen LogP contribution < -0.4 is 42.4 Å². The van der Waals surface area contributed by atoms with Crippen molar-refractivity contribution in [2.24, 2.45) is 0 Å². The van der Waals surface area contributed by atoms with Gasteiger partial charge in [-0.3, -0.25) is 0 Å². The second kappa shape index (κ2) is 29.7. The van der Waals surface area contributed by atoms with Gasteiger partial charge in [-0.15, -0.1) is 0 Å². The first kappa shape index (κ1) is 52.0. The molecule has 0 unspecified atom stereocenters. The van der Waals surface area contributed by atoms with Gasteiger partial charge in [-0.05, 0) is 98.8 Å². The Morgan fingerprint density at radius 1 is 0.246 bits per heavy atom. The number of benzene rings is 8. The van der Waals surface area contributed by atoms with Crippen LogP contribution in [0.4, 0.5) is 0 Å². The van der Waals surface area contributed by atoms with Gasteiger partial charge < -0.3 is 30.6 Å². The van der Waals surface area contributed by atoms with E-state index >= 15 is 0 Å². The minimum absolute atomic E-state index is 0. The third-order valence-electron chi connectivity index (χ3n) is 9.64. The topological polar surface area (TPSA) is 132 Å². The molecule has 8 aromatic rings.